The van der Waals surface area contributed by atoms with Crippen LogP contribution in [0.25, 0.3) is 33.1 Å². The molecule has 0 atom stereocenters. The summed E-state index contributed by atoms with van der Waals surface area (Å²) in [5.41, 5.74) is 5.28. The van der Waals surface area contributed by atoms with Crippen LogP contribution in [0.15, 0.2) is 42.9 Å². The fraction of sp³-hybridized carbons (Fsp3) is 0.250. The first-order chi connectivity index (χ1) is 12.3. The lowest BCUT2D eigenvalue weighted by atomic mass is 9.82. The van der Waals surface area contributed by atoms with E-state index >= 15 is 0 Å². The van der Waals surface area contributed by atoms with Crippen molar-refractivity contribution in [1.82, 2.24) is 19.9 Å². The Morgan fingerprint density at radius 1 is 1.08 bits per heavy atom. The molecular weight excluding hydrogens is 312 g/mol. The van der Waals surface area contributed by atoms with Gasteiger partial charge in [0.1, 0.15) is 12.0 Å². The normalized spacial score (nSPS) is 14.8. The molecule has 0 radical (unpaired) electrons. The fourth-order valence-electron chi connectivity index (χ4n) is 3.55. The Morgan fingerprint density at radius 2 is 2.00 bits per heavy atom. The number of nitrogens with one attached hydrogen (secondary N) is 1. The van der Waals surface area contributed by atoms with Gasteiger partial charge in [-0.2, -0.15) is 0 Å². The van der Waals surface area contributed by atoms with Gasteiger partial charge in [-0.05, 0) is 42.7 Å². The molecule has 3 aromatic heterocycles. The average Bonchev–Trinajstić information content (AvgIpc) is 3.02. The van der Waals surface area contributed by atoms with E-state index in [0.29, 0.717) is 11.8 Å². The van der Waals surface area contributed by atoms with E-state index in [1.165, 1.54) is 31.3 Å². The van der Waals surface area contributed by atoms with Gasteiger partial charge < -0.3 is 9.72 Å². The zero-order chi connectivity index (χ0) is 16.8. The van der Waals surface area contributed by atoms with E-state index in [2.05, 4.69) is 39.2 Å². The fourth-order valence-corrected chi connectivity index (χ4v) is 3.55. The van der Waals surface area contributed by atoms with Crippen LogP contribution in [0.5, 0.6) is 5.88 Å². The maximum absolute atomic E-state index is 5.38. The molecule has 5 nitrogen and oxygen atoms in total. The van der Waals surface area contributed by atoms with Crippen molar-refractivity contribution in [2.24, 2.45) is 0 Å². The van der Waals surface area contributed by atoms with Crippen LogP contribution in [-0.2, 0) is 0 Å². The first-order valence-corrected chi connectivity index (χ1v) is 8.60. The smallest absolute Gasteiger partial charge is 0.224 e. The first-order valence-electron chi connectivity index (χ1n) is 8.60. The van der Waals surface area contributed by atoms with Crippen LogP contribution in [0.3, 0.4) is 0 Å². The third-order valence-corrected chi connectivity index (χ3v) is 5.19. The molecule has 25 heavy (non-hydrogen) atoms. The number of aromatic amines is 1. The number of benzene rings is 1. The Hall–Kier alpha value is -2.95. The first kappa shape index (κ1) is 14.4. The average molecular weight is 330 g/mol. The number of methoxy groups -OCH3 is 1. The Balaban J connectivity index is 1.64. The molecule has 0 bridgehead atoms. The lowest BCUT2D eigenvalue weighted by Crippen LogP contribution is -2.10. The largest absolute Gasteiger partial charge is 0.480 e. The number of pyridine rings is 1. The topological polar surface area (TPSA) is 63.7 Å². The van der Waals surface area contributed by atoms with Crippen LogP contribution in [0, 0.1) is 0 Å². The quantitative estimate of drug-likeness (QED) is 0.603. The summed E-state index contributed by atoms with van der Waals surface area (Å²) in [6, 6.07) is 10.5. The molecule has 0 spiro atoms. The second-order valence-electron chi connectivity index (χ2n) is 6.58. The number of fused-ring (bicyclic) bond motifs is 2. The van der Waals surface area contributed by atoms with Crippen molar-refractivity contribution >= 4 is 21.9 Å². The molecule has 124 valence electrons. The van der Waals surface area contributed by atoms with Crippen molar-refractivity contribution in [1.29, 1.82) is 0 Å². The molecule has 1 fully saturated rings. The predicted octanol–water partition coefficient (Wildman–Crippen LogP) is 4.45. The van der Waals surface area contributed by atoms with Crippen molar-refractivity contribution in [3.05, 3.63) is 48.5 Å². The summed E-state index contributed by atoms with van der Waals surface area (Å²) in [6.45, 7) is 0. The molecule has 0 aliphatic heterocycles. The van der Waals surface area contributed by atoms with E-state index in [0.717, 1.165) is 33.1 Å². The van der Waals surface area contributed by atoms with Gasteiger partial charge in [-0.1, -0.05) is 12.5 Å². The summed E-state index contributed by atoms with van der Waals surface area (Å²) in [5, 5.41) is 2.05. The van der Waals surface area contributed by atoms with Crippen molar-refractivity contribution < 1.29 is 4.74 Å². The van der Waals surface area contributed by atoms with Gasteiger partial charge in [-0.3, -0.25) is 0 Å². The second kappa shape index (κ2) is 5.55. The van der Waals surface area contributed by atoms with E-state index < -0.39 is 0 Å². The number of aromatic nitrogens is 4. The molecule has 1 aliphatic carbocycles. The minimum Gasteiger partial charge on any atom is -0.480 e. The zero-order valence-corrected chi connectivity index (χ0v) is 14.0. The van der Waals surface area contributed by atoms with Gasteiger partial charge in [0.15, 0.2) is 0 Å². The summed E-state index contributed by atoms with van der Waals surface area (Å²) in [4.78, 5) is 16.7. The van der Waals surface area contributed by atoms with Gasteiger partial charge in [-0.15, -0.1) is 0 Å². The van der Waals surface area contributed by atoms with Crippen LogP contribution in [0.2, 0.25) is 0 Å². The zero-order valence-electron chi connectivity index (χ0n) is 14.0. The highest BCUT2D eigenvalue weighted by atomic mass is 16.5. The van der Waals surface area contributed by atoms with Crippen LogP contribution in [0.1, 0.15) is 30.9 Å². The van der Waals surface area contributed by atoms with Gasteiger partial charge in [0, 0.05) is 28.8 Å². The molecule has 3 heterocycles. The van der Waals surface area contributed by atoms with E-state index in [-0.39, 0.29) is 0 Å². The van der Waals surface area contributed by atoms with Gasteiger partial charge in [0.25, 0.3) is 0 Å². The lowest BCUT2D eigenvalue weighted by Gasteiger charge is -2.24. The summed E-state index contributed by atoms with van der Waals surface area (Å²) in [5.74, 6) is 1.23. The minimum absolute atomic E-state index is 0.595. The highest BCUT2D eigenvalue weighted by Gasteiger charge is 2.21. The highest BCUT2D eigenvalue weighted by molar-refractivity contribution is 5.97. The summed E-state index contributed by atoms with van der Waals surface area (Å²) >= 11 is 0. The van der Waals surface area contributed by atoms with Crippen LogP contribution in [0.4, 0.5) is 0 Å². The molecule has 4 aromatic rings. The van der Waals surface area contributed by atoms with E-state index in [9.17, 15) is 0 Å². The monoisotopic (exact) mass is 330 g/mol. The number of nitrogens with zero attached hydrogens (tertiary/aromatic N) is 3. The maximum Gasteiger partial charge on any atom is 0.224 e. The van der Waals surface area contributed by atoms with Crippen LogP contribution < -0.4 is 4.74 Å². The lowest BCUT2D eigenvalue weighted by molar-refractivity contribution is 0.402. The van der Waals surface area contributed by atoms with Gasteiger partial charge >= 0.3 is 0 Å². The molecule has 0 amide bonds. The number of hydrogen-bond acceptors (Lipinski definition) is 4. The van der Waals surface area contributed by atoms with Crippen molar-refractivity contribution in [3.63, 3.8) is 0 Å². The van der Waals surface area contributed by atoms with Crippen molar-refractivity contribution in [2.75, 3.05) is 7.11 Å². The van der Waals surface area contributed by atoms with Gasteiger partial charge in [0.2, 0.25) is 5.88 Å². The van der Waals surface area contributed by atoms with Crippen molar-refractivity contribution in [2.45, 2.75) is 25.2 Å². The highest BCUT2D eigenvalue weighted by Crippen LogP contribution is 2.37. The molecule has 1 aliphatic rings. The van der Waals surface area contributed by atoms with Crippen LogP contribution in [-0.4, -0.2) is 27.0 Å². The Morgan fingerprint density at radius 3 is 2.80 bits per heavy atom. The molecule has 1 N–H and O–H groups in total. The Bertz CT molecular complexity index is 1080. The molecule has 0 saturated heterocycles. The van der Waals surface area contributed by atoms with E-state index in [4.69, 9.17) is 9.72 Å². The number of rotatable bonds is 3. The summed E-state index contributed by atoms with van der Waals surface area (Å²) in [6.07, 6.45) is 7.40. The SMILES string of the molecule is COc1ncnc2ccc(-c3c[nH]c4nc(C5CCC5)ccc34)cc12. The number of hydrogen-bond donors (Lipinski definition) is 1. The molecular formula is C20H18N4O. The third kappa shape index (κ3) is 2.27. The van der Waals surface area contributed by atoms with Gasteiger partial charge in [-0.25, -0.2) is 15.0 Å². The Labute approximate surface area is 145 Å². The van der Waals surface area contributed by atoms with E-state index in [1.807, 2.05) is 12.3 Å². The summed E-state index contributed by atoms with van der Waals surface area (Å²) in [7, 11) is 1.63. The molecule has 1 saturated carbocycles. The van der Waals surface area contributed by atoms with Crippen molar-refractivity contribution in [3.8, 4) is 17.0 Å². The number of H-pyrrole nitrogens is 1. The van der Waals surface area contributed by atoms with Gasteiger partial charge in [0.05, 0.1) is 18.0 Å². The molecule has 5 rings (SSSR count). The third-order valence-electron chi connectivity index (χ3n) is 5.19. The molecule has 5 heteroatoms. The summed E-state index contributed by atoms with van der Waals surface area (Å²) < 4.78 is 5.38. The molecule has 1 aromatic carbocycles. The van der Waals surface area contributed by atoms with E-state index in [1.54, 1.807) is 7.11 Å². The van der Waals surface area contributed by atoms with Crippen LogP contribution >= 0.6 is 0 Å². The standard InChI is InChI=1S/C20H18N4O/c1-25-20-15-9-13(5-7-18(15)22-11-23-20)16-10-21-19-14(16)6-8-17(24-19)12-3-2-4-12/h5-12H,2-4H2,1H3,(H,21,24). The maximum atomic E-state index is 5.38. The second-order valence-corrected chi connectivity index (χ2v) is 6.58. The number of ether oxygens (including phenoxy) is 1. The Kier molecular flexibility index (Phi) is 3.20. The minimum atomic E-state index is 0.595. The predicted molar refractivity (Wildman–Crippen MR) is 97.8 cm³/mol. The molecule has 0 unspecified atom stereocenters.